The molecule has 3 rings (SSSR count). The van der Waals surface area contributed by atoms with E-state index in [9.17, 15) is 0 Å². The van der Waals surface area contributed by atoms with Crippen LogP contribution >= 0.6 is 0 Å². The van der Waals surface area contributed by atoms with Gasteiger partial charge in [0.2, 0.25) is 0 Å². The Kier molecular flexibility index (Phi) is 4.18. The number of nitrogens with one attached hydrogen (secondary N) is 1. The molecule has 1 saturated heterocycles. The molecule has 1 aliphatic carbocycles. The molecule has 1 saturated carbocycles. The van der Waals surface area contributed by atoms with Gasteiger partial charge in [-0.3, -0.25) is 4.90 Å². The summed E-state index contributed by atoms with van der Waals surface area (Å²) < 4.78 is 5.45. The molecule has 0 aromatic carbocycles. The van der Waals surface area contributed by atoms with Crippen LogP contribution in [-0.4, -0.2) is 36.1 Å². The molecule has 1 aromatic rings. The summed E-state index contributed by atoms with van der Waals surface area (Å²) in [4.78, 5) is 2.70. The molecule has 2 unspecified atom stereocenters. The monoisotopic (exact) mass is 276 g/mol. The van der Waals surface area contributed by atoms with Gasteiger partial charge in [0.25, 0.3) is 0 Å². The lowest BCUT2D eigenvalue weighted by atomic mass is 9.94. The highest BCUT2D eigenvalue weighted by Crippen LogP contribution is 2.40. The van der Waals surface area contributed by atoms with Gasteiger partial charge in [0.15, 0.2) is 0 Å². The Bertz CT molecular complexity index is 413. The van der Waals surface area contributed by atoms with Crippen LogP contribution in [0, 0.1) is 5.92 Å². The summed E-state index contributed by atoms with van der Waals surface area (Å²) in [6.45, 7) is 8.42. The van der Waals surface area contributed by atoms with E-state index >= 15 is 0 Å². The van der Waals surface area contributed by atoms with E-state index in [1.165, 1.54) is 45.3 Å². The van der Waals surface area contributed by atoms with Gasteiger partial charge in [-0.15, -0.1) is 0 Å². The van der Waals surface area contributed by atoms with E-state index in [2.05, 4.69) is 30.1 Å². The molecule has 2 aliphatic rings. The lowest BCUT2D eigenvalue weighted by Crippen LogP contribution is -2.52. The summed E-state index contributed by atoms with van der Waals surface area (Å²) in [5.41, 5.74) is 0.343. The summed E-state index contributed by atoms with van der Waals surface area (Å²) in [7, 11) is 0. The summed E-state index contributed by atoms with van der Waals surface area (Å²) in [5, 5.41) is 3.81. The minimum absolute atomic E-state index is 0.343. The second kappa shape index (κ2) is 5.90. The molecule has 2 atom stereocenters. The van der Waals surface area contributed by atoms with Crippen molar-refractivity contribution in [3.63, 3.8) is 0 Å². The van der Waals surface area contributed by atoms with Crippen LogP contribution in [0.4, 0.5) is 0 Å². The summed E-state index contributed by atoms with van der Waals surface area (Å²) in [6, 6.07) is 4.71. The quantitative estimate of drug-likeness (QED) is 0.896. The topological polar surface area (TPSA) is 28.4 Å². The van der Waals surface area contributed by atoms with Crippen molar-refractivity contribution in [3.8, 4) is 0 Å². The van der Waals surface area contributed by atoms with E-state index in [4.69, 9.17) is 4.42 Å². The molecule has 1 aliphatic heterocycles. The minimum Gasteiger partial charge on any atom is -0.469 e. The van der Waals surface area contributed by atoms with Gasteiger partial charge in [0.1, 0.15) is 5.76 Å². The number of furan rings is 1. The molecule has 1 N–H and O–H groups in total. The average molecular weight is 276 g/mol. The lowest BCUT2D eigenvalue weighted by Gasteiger charge is -2.37. The molecule has 0 spiro atoms. The second-order valence-electron chi connectivity index (χ2n) is 6.91. The molecule has 0 radical (unpaired) electrons. The molecular formula is C17H28N2O. The zero-order valence-electron chi connectivity index (χ0n) is 12.9. The number of rotatable bonds is 5. The first kappa shape index (κ1) is 14.2. The zero-order chi connectivity index (χ0) is 14.0. The van der Waals surface area contributed by atoms with E-state index in [-0.39, 0.29) is 0 Å². The Morgan fingerprint density at radius 1 is 1.50 bits per heavy atom. The van der Waals surface area contributed by atoms with E-state index < -0.39 is 0 Å². The summed E-state index contributed by atoms with van der Waals surface area (Å²) in [6.07, 6.45) is 8.12. The lowest BCUT2D eigenvalue weighted by molar-refractivity contribution is 0.152. The smallest absolute Gasteiger partial charge is 0.103 e. The number of hydrogen-bond acceptors (Lipinski definition) is 3. The Morgan fingerprint density at radius 2 is 2.35 bits per heavy atom. The normalized spacial score (nSPS) is 30.1. The van der Waals surface area contributed by atoms with Gasteiger partial charge < -0.3 is 9.73 Å². The van der Waals surface area contributed by atoms with Gasteiger partial charge in [0, 0.05) is 24.5 Å². The van der Waals surface area contributed by atoms with Gasteiger partial charge in [0.05, 0.1) is 6.26 Å². The van der Waals surface area contributed by atoms with Crippen LogP contribution in [0.15, 0.2) is 22.8 Å². The predicted octanol–water partition coefficient (Wildman–Crippen LogP) is 3.06. The van der Waals surface area contributed by atoms with Gasteiger partial charge in [-0.05, 0) is 70.7 Å². The third kappa shape index (κ3) is 3.26. The first-order valence-corrected chi connectivity index (χ1v) is 8.19. The average Bonchev–Trinajstić information content (AvgIpc) is 3.20. The van der Waals surface area contributed by atoms with E-state index in [0.29, 0.717) is 11.6 Å². The molecule has 20 heavy (non-hydrogen) atoms. The maximum absolute atomic E-state index is 5.45. The number of hydrogen-bond donors (Lipinski definition) is 1. The minimum atomic E-state index is 0.343. The molecule has 3 nitrogen and oxygen atoms in total. The third-order valence-corrected chi connectivity index (χ3v) is 5.17. The highest BCUT2D eigenvalue weighted by molar-refractivity contribution is 5.02. The Hall–Kier alpha value is -0.800. The van der Waals surface area contributed by atoms with Gasteiger partial charge in [-0.25, -0.2) is 0 Å². The van der Waals surface area contributed by atoms with Crippen molar-refractivity contribution in [1.82, 2.24) is 10.2 Å². The highest BCUT2D eigenvalue weighted by Gasteiger charge is 2.43. The zero-order valence-corrected chi connectivity index (χ0v) is 12.9. The van der Waals surface area contributed by atoms with E-state index in [0.717, 1.165) is 18.1 Å². The molecule has 1 aromatic heterocycles. The standard InChI is InChI=1S/C17H28N2O/c1-14(6-9-16-5-3-12-20-16)19-11-4-10-18-17(2,13-19)15-7-8-15/h3,5,12,14-15,18H,4,6-11,13H2,1-2H3. The van der Waals surface area contributed by atoms with Crippen LogP contribution < -0.4 is 5.32 Å². The van der Waals surface area contributed by atoms with Crippen molar-refractivity contribution in [1.29, 1.82) is 0 Å². The fourth-order valence-corrected chi connectivity index (χ4v) is 3.57. The van der Waals surface area contributed by atoms with E-state index in [1.807, 2.05) is 6.07 Å². The van der Waals surface area contributed by atoms with Crippen molar-refractivity contribution < 1.29 is 4.42 Å². The Morgan fingerprint density at radius 3 is 3.05 bits per heavy atom. The molecule has 0 bridgehead atoms. The number of aryl methyl sites for hydroxylation is 1. The maximum atomic E-state index is 5.45. The van der Waals surface area contributed by atoms with Crippen LogP contribution in [-0.2, 0) is 6.42 Å². The first-order valence-electron chi connectivity index (χ1n) is 8.19. The van der Waals surface area contributed by atoms with Crippen molar-refractivity contribution >= 4 is 0 Å². The van der Waals surface area contributed by atoms with Crippen LogP contribution in [0.25, 0.3) is 0 Å². The van der Waals surface area contributed by atoms with Crippen LogP contribution in [0.2, 0.25) is 0 Å². The van der Waals surface area contributed by atoms with Gasteiger partial charge >= 0.3 is 0 Å². The summed E-state index contributed by atoms with van der Waals surface area (Å²) >= 11 is 0. The molecule has 2 fully saturated rings. The predicted molar refractivity (Wildman–Crippen MR) is 81.8 cm³/mol. The van der Waals surface area contributed by atoms with Crippen molar-refractivity contribution in [3.05, 3.63) is 24.2 Å². The van der Waals surface area contributed by atoms with Crippen LogP contribution in [0.3, 0.4) is 0 Å². The SMILES string of the molecule is CC(CCc1ccco1)N1CCCNC(C)(C2CC2)C1. The fourth-order valence-electron chi connectivity index (χ4n) is 3.57. The number of nitrogens with zero attached hydrogens (tertiary/aromatic N) is 1. The van der Waals surface area contributed by atoms with E-state index in [1.54, 1.807) is 6.26 Å². The fraction of sp³-hybridized carbons (Fsp3) is 0.765. The molecule has 2 heterocycles. The van der Waals surface area contributed by atoms with Crippen molar-refractivity contribution in [2.24, 2.45) is 5.92 Å². The van der Waals surface area contributed by atoms with Gasteiger partial charge in [-0.2, -0.15) is 0 Å². The van der Waals surface area contributed by atoms with Crippen LogP contribution in [0.5, 0.6) is 0 Å². The maximum Gasteiger partial charge on any atom is 0.103 e. The molecular weight excluding hydrogens is 248 g/mol. The Labute approximate surface area is 122 Å². The van der Waals surface area contributed by atoms with Gasteiger partial charge in [-0.1, -0.05) is 0 Å². The third-order valence-electron chi connectivity index (χ3n) is 5.17. The first-order chi connectivity index (χ1) is 9.67. The second-order valence-corrected chi connectivity index (χ2v) is 6.91. The molecule has 0 amide bonds. The Balaban J connectivity index is 1.56. The highest BCUT2D eigenvalue weighted by atomic mass is 16.3. The summed E-state index contributed by atoms with van der Waals surface area (Å²) in [5.74, 6) is 2.02. The van der Waals surface area contributed by atoms with Crippen molar-refractivity contribution in [2.45, 2.75) is 57.5 Å². The van der Waals surface area contributed by atoms with Crippen LogP contribution in [0.1, 0.15) is 45.3 Å². The van der Waals surface area contributed by atoms with Crippen molar-refractivity contribution in [2.75, 3.05) is 19.6 Å². The largest absolute Gasteiger partial charge is 0.469 e. The molecule has 3 heteroatoms. The molecule has 112 valence electrons.